The summed E-state index contributed by atoms with van der Waals surface area (Å²) < 4.78 is 15.5. The van der Waals surface area contributed by atoms with Gasteiger partial charge in [0, 0.05) is 7.11 Å². The summed E-state index contributed by atoms with van der Waals surface area (Å²) in [6, 6.07) is 0. The van der Waals surface area contributed by atoms with Gasteiger partial charge in [-0.1, -0.05) is 0 Å². The summed E-state index contributed by atoms with van der Waals surface area (Å²) in [6.45, 7) is 1.81. The molecule has 0 aliphatic carbocycles. The summed E-state index contributed by atoms with van der Waals surface area (Å²) in [7, 11) is 1.58. The van der Waals surface area contributed by atoms with Crippen molar-refractivity contribution in [3.8, 4) is 0 Å². The number of epoxide rings is 1. The van der Waals surface area contributed by atoms with E-state index in [1.54, 1.807) is 7.11 Å². The molecule has 0 aromatic heterocycles. The number of aliphatic hydroxyl groups excluding tert-OH is 1. The van der Waals surface area contributed by atoms with Gasteiger partial charge in [-0.3, -0.25) is 0 Å². The molecule has 2 rings (SSSR count). The zero-order chi connectivity index (χ0) is 8.01. The van der Waals surface area contributed by atoms with E-state index in [2.05, 4.69) is 0 Å². The third-order valence-corrected chi connectivity index (χ3v) is 2.23. The first-order valence-electron chi connectivity index (χ1n) is 3.76. The molecule has 0 aromatic rings. The third-order valence-electron chi connectivity index (χ3n) is 2.23. The monoisotopic (exact) mass is 160 g/mol. The SMILES string of the molecule is CO[C@@H]1O[C@H](C)[C@H](O)[C@H]2O[C@@H]12. The van der Waals surface area contributed by atoms with Crippen LogP contribution in [-0.4, -0.2) is 42.9 Å². The Morgan fingerprint density at radius 1 is 1.27 bits per heavy atom. The number of hydrogen-bond donors (Lipinski definition) is 1. The minimum atomic E-state index is -0.494. The standard InChI is InChI=1S/C7H12O4/c1-3-4(8)5-6(11-5)7(9-2)10-3/h3-8H,1-2H3/t3-,4+,5-,6-,7-/m1/s1. The van der Waals surface area contributed by atoms with Gasteiger partial charge in [-0.15, -0.1) is 0 Å². The van der Waals surface area contributed by atoms with E-state index in [0.717, 1.165) is 0 Å². The van der Waals surface area contributed by atoms with Gasteiger partial charge in [-0.25, -0.2) is 0 Å². The molecule has 0 saturated carbocycles. The average molecular weight is 160 g/mol. The predicted octanol–water partition coefficient (Wildman–Crippen LogP) is -0.494. The molecule has 4 nitrogen and oxygen atoms in total. The molecule has 5 atom stereocenters. The molecule has 0 amide bonds. The zero-order valence-electron chi connectivity index (χ0n) is 6.56. The van der Waals surface area contributed by atoms with Gasteiger partial charge in [0.2, 0.25) is 0 Å². The van der Waals surface area contributed by atoms with Gasteiger partial charge in [-0.05, 0) is 6.92 Å². The number of aliphatic hydroxyl groups is 1. The smallest absolute Gasteiger partial charge is 0.186 e. The van der Waals surface area contributed by atoms with Crippen LogP contribution in [0.1, 0.15) is 6.92 Å². The first-order chi connectivity index (χ1) is 5.24. The molecule has 1 N–H and O–H groups in total. The summed E-state index contributed by atoms with van der Waals surface area (Å²) in [6.07, 6.45) is -1.09. The van der Waals surface area contributed by atoms with E-state index in [1.165, 1.54) is 0 Å². The van der Waals surface area contributed by atoms with Crippen LogP contribution in [0.4, 0.5) is 0 Å². The van der Waals surface area contributed by atoms with E-state index in [1.807, 2.05) is 6.92 Å². The Hall–Kier alpha value is -0.160. The molecule has 2 heterocycles. The molecular weight excluding hydrogens is 148 g/mol. The van der Waals surface area contributed by atoms with E-state index in [0.29, 0.717) is 0 Å². The van der Waals surface area contributed by atoms with Crippen molar-refractivity contribution in [2.45, 2.75) is 37.6 Å². The quantitative estimate of drug-likeness (QED) is 0.526. The Balaban J connectivity index is 2.02. The van der Waals surface area contributed by atoms with Crippen molar-refractivity contribution < 1.29 is 19.3 Å². The second-order valence-electron chi connectivity index (χ2n) is 3.00. The number of ether oxygens (including phenoxy) is 3. The highest BCUT2D eigenvalue weighted by atomic mass is 16.7. The molecule has 4 heteroatoms. The second kappa shape index (κ2) is 2.42. The molecule has 11 heavy (non-hydrogen) atoms. The van der Waals surface area contributed by atoms with Crippen LogP contribution in [0.15, 0.2) is 0 Å². The minimum absolute atomic E-state index is 0.0498. The summed E-state index contributed by atoms with van der Waals surface area (Å²) in [4.78, 5) is 0. The van der Waals surface area contributed by atoms with Crippen LogP contribution in [0.5, 0.6) is 0 Å². The highest BCUT2D eigenvalue weighted by molar-refractivity contribution is 4.99. The molecule has 2 aliphatic rings. The third kappa shape index (κ3) is 1.06. The van der Waals surface area contributed by atoms with Gasteiger partial charge < -0.3 is 19.3 Å². The molecule has 64 valence electrons. The normalized spacial score (nSPS) is 55.4. The highest BCUT2D eigenvalue weighted by Gasteiger charge is 2.56. The Labute approximate surface area is 65.1 Å². The van der Waals surface area contributed by atoms with Crippen molar-refractivity contribution in [3.05, 3.63) is 0 Å². The summed E-state index contributed by atoms with van der Waals surface area (Å²) >= 11 is 0. The van der Waals surface area contributed by atoms with Crippen LogP contribution in [0.3, 0.4) is 0 Å². The molecule has 0 radical (unpaired) electrons. The fourth-order valence-electron chi connectivity index (χ4n) is 1.46. The van der Waals surface area contributed by atoms with Crippen molar-refractivity contribution in [2.75, 3.05) is 7.11 Å². The van der Waals surface area contributed by atoms with Gasteiger partial charge in [0.05, 0.1) is 6.10 Å². The van der Waals surface area contributed by atoms with Crippen molar-refractivity contribution in [2.24, 2.45) is 0 Å². The molecule has 0 bridgehead atoms. The number of hydrogen-bond acceptors (Lipinski definition) is 4. The van der Waals surface area contributed by atoms with Crippen molar-refractivity contribution in [3.63, 3.8) is 0 Å². The molecule has 2 aliphatic heterocycles. The number of fused-ring (bicyclic) bond motifs is 1. The molecule has 0 spiro atoms. The minimum Gasteiger partial charge on any atom is -0.388 e. The summed E-state index contributed by atoms with van der Waals surface area (Å²) in [5.41, 5.74) is 0. The fourth-order valence-corrected chi connectivity index (χ4v) is 1.46. The Kier molecular flexibility index (Phi) is 1.64. The van der Waals surface area contributed by atoms with Crippen LogP contribution in [0, 0.1) is 0 Å². The first kappa shape index (κ1) is 7.49. The largest absolute Gasteiger partial charge is 0.388 e. The maximum Gasteiger partial charge on any atom is 0.186 e. The van der Waals surface area contributed by atoms with Gasteiger partial charge in [0.1, 0.15) is 18.3 Å². The van der Waals surface area contributed by atoms with E-state index >= 15 is 0 Å². The van der Waals surface area contributed by atoms with Crippen LogP contribution in [0.2, 0.25) is 0 Å². The second-order valence-corrected chi connectivity index (χ2v) is 3.00. The van der Waals surface area contributed by atoms with E-state index in [4.69, 9.17) is 14.2 Å². The predicted molar refractivity (Wildman–Crippen MR) is 36.0 cm³/mol. The van der Waals surface area contributed by atoms with Gasteiger partial charge in [0.25, 0.3) is 0 Å². The van der Waals surface area contributed by atoms with E-state index in [-0.39, 0.29) is 24.6 Å². The van der Waals surface area contributed by atoms with Crippen LogP contribution in [0.25, 0.3) is 0 Å². The lowest BCUT2D eigenvalue weighted by atomic mass is 10.1. The molecule has 0 aromatic carbocycles. The van der Waals surface area contributed by atoms with Crippen LogP contribution >= 0.6 is 0 Å². The number of methoxy groups -OCH3 is 1. The summed E-state index contributed by atoms with van der Waals surface area (Å²) in [5.74, 6) is 0. The van der Waals surface area contributed by atoms with Gasteiger partial charge >= 0.3 is 0 Å². The van der Waals surface area contributed by atoms with Gasteiger partial charge in [-0.2, -0.15) is 0 Å². The van der Waals surface area contributed by atoms with Crippen molar-refractivity contribution in [1.82, 2.24) is 0 Å². The molecule has 0 unspecified atom stereocenters. The Morgan fingerprint density at radius 2 is 2.00 bits per heavy atom. The Bertz CT molecular complexity index is 157. The first-order valence-corrected chi connectivity index (χ1v) is 3.76. The number of rotatable bonds is 1. The lowest BCUT2D eigenvalue weighted by molar-refractivity contribution is -0.193. The van der Waals surface area contributed by atoms with E-state index in [9.17, 15) is 5.11 Å². The topological polar surface area (TPSA) is 51.2 Å². The van der Waals surface area contributed by atoms with Crippen molar-refractivity contribution >= 4 is 0 Å². The fraction of sp³-hybridized carbons (Fsp3) is 1.00. The van der Waals surface area contributed by atoms with Crippen LogP contribution < -0.4 is 0 Å². The average Bonchev–Trinajstić information content (AvgIpc) is 2.76. The maximum absolute atomic E-state index is 9.40. The van der Waals surface area contributed by atoms with Gasteiger partial charge in [0.15, 0.2) is 6.29 Å². The Morgan fingerprint density at radius 3 is 2.64 bits per heavy atom. The lowest BCUT2D eigenvalue weighted by Crippen LogP contribution is -2.43. The molecule has 2 fully saturated rings. The van der Waals surface area contributed by atoms with Crippen molar-refractivity contribution in [1.29, 1.82) is 0 Å². The lowest BCUT2D eigenvalue weighted by Gasteiger charge is -2.27. The van der Waals surface area contributed by atoms with E-state index < -0.39 is 6.10 Å². The maximum atomic E-state index is 9.40. The zero-order valence-corrected chi connectivity index (χ0v) is 6.56. The summed E-state index contributed by atoms with van der Waals surface area (Å²) in [5, 5.41) is 9.40. The highest BCUT2D eigenvalue weighted by Crippen LogP contribution is 2.37. The molecular formula is C7H12O4. The molecule has 2 saturated heterocycles. The van der Waals surface area contributed by atoms with Crippen LogP contribution in [-0.2, 0) is 14.2 Å².